The van der Waals surface area contributed by atoms with E-state index in [4.69, 9.17) is 16.9 Å². The summed E-state index contributed by atoms with van der Waals surface area (Å²) in [6.07, 6.45) is 0. The van der Waals surface area contributed by atoms with Gasteiger partial charge in [-0.05, 0) is 38.1 Å². The summed E-state index contributed by atoms with van der Waals surface area (Å²) in [6.45, 7) is 5.57. The van der Waals surface area contributed by atoms with Gasteiger partial charge >= 0.3 is 0 Å². The second-order valence-electron chi connectivity index (χ2n) is 4.25. The molecule has 0 fully saturated rings. The lowest BCUT2D eigenvalue weighted by Crippen LogP contribution is -2.07. The lowest BCUT2D eigenvalue weighted by Gasteiger charge is -2.08. The van der Waals surface area contributed by atoms with Crippen molar-refractivity contribution in [3.8, 4) is 6.07 Å². The fraction of sp³-hybridized carbons (Fsp3) is 0.286. The van der Waals surface area contributed by atoms with Gasteiger partial charge in [0.05, 0.1) is 28.5 Å². The van der Waals surface area contributed by atoms with Gasteiger partial charge in [0, 0.05) is 12.2 Å². The smallest absolute Gasteiger partial charge is 0.101 e. The van der Waals surface area contributed by atoms with E-state index in [0.29, 0.717) is 17.1 Å². The van der Waals surface area contributed by atoms with Crippen molar-refractivity contribution < 1.29 is 0 Å². The van der Waals surface area contributed by atoms with Crippen LogP contribution in [0.2, 0.25) is 5.02 Å². The van der Waals surface area contributed by atoms with Crippen molar-refractivity contribution in [2.24, 2.45) is 0 Å². The van der Waals surface area contributed by atoms with E-state index in [9.17, 15) is 0 Å². The molecule has 2 aromatic rings. The molecule has 1 heterocycles. The number of aromatic nitrogens is 2. The lowest BCUT2D eigenvalue weighted by molar-refractivity contribution is 0.623. The first-order chi connectivity index (χ1) is 9.13. The number of anilines is 1. The van der Waals surface area contributed by atoms with Crippen molar-refractivity contribution in [2.75, 3.05) is 5.32 Å². The normalized spacial score (nSPS) is 10.2. The summed E-state index contributed by atoms with van der Waals surface area (Å²) in [4.78, 5) is 0. The molecule has 0 amide bonds. The summed E-state index contributed by atoms with van der Waals surface area (Å²) in [6, 6.07) is 9.43. The van der Waals surface area contributed by atoms with Crippen molar-refractivity contribution in [3.63, 3.8) is 0 Å². The van der Waals surface area contributed by atoms with Crippen LogP contribution < -0.4 is 5.32 Å². The highest BCUT2D eigenvalue weighted by Crippen LogP contribution is 2.20. The van der Waals surface area contributed by atoms with E-state index < -0.39 is 0 Å². The molecule has 2 rings (SSSR count). The van der Waals surface area contributed by atoms with Crippen molar-refractivity contribution in [1.29, 1.82) is 5.26 Å². The second kappa shape index (κ2) is 5.77. The van der Waals surface area contributed by atoms with Gasteiger partial charge in [-0.1, -0.05) is 11.6 Å². The molecule has 0 spiro atoms. The van der Waals surface area contributed by atoms with Gasteiger partial charge in [0.2, 0.25) is 0 Å². The molecule has 0 unspecified atom stereocenters. The van der Waals surface area contributed by atoms with E-state index >= 15 is 0 Å². The largest absolute Gasteiger partial charge is 0.379 e. The maximum absolute atomic E-state index is 8.82. The van der Waals surface area contributed by atoms with Crippen LogP contribution in [-0.4, -0.2) is 9.78 Å². The van der Waals surface area contributed by atoms with Gasteiger partial charge in [-0.25, -0.2) is 0 Å². The summed E-state index contributed by atoms with van der Waals surface area (Å²) < 4.78 is 1.97. The number of hydrogen-bond acceptors (Lipinski definition) is 3. The minimum atomic E-state index is 0.465. The Kier molecular flexibility index (Phi) is 4.08. The zero-order valence-corrected chi connectivity index (χ0v) is 11.7. The van der Waals surface area contributed by atoms with Crippen LogP contribution in [0.15, 0.2) is 24.3 Å². The van der Waals surface area contributed by atoms with E-state index in [0.717, 1.165) is 23.6 Å². The monoisotopic (exact) mass is 274 g/mol. The van der Waals surface area contributed by atoms with Crippen LogP contribution >= 0.6 is 11.6 Å². The Bertz CT molecular complexity index is 625. The van der Waals surface area contributed by atoms with Gasteiger partial charge in [0.15, 0.2) is 0 Å². The van der Waals surface area contributed by atoms with Crippen LogP contribution in [0.3, 0.4) is 0 Å². The molecule has 0 bridgehead atoms. The summed E-state index contributed by atoms with van der Waals surface area (Å²) in [7, 11) is 0. The van der Waals surface area contributed by atoms with Crippen LogP contribution in [0.25, 0.3) is 0 Å². The standard InChI is InChI=1S/C14H15ClN4/c1-3-19-13(6-10(2)18-19)9-17-12-5-4-11(8-16)14(15)7-12/h4-7,17H,3,9H2,1-2H3. The molecule has 98 valence electrons. The first-order valence-corrected chi connectivity index (χ1v) is 6.48. The third kappa shape index (κ3) is 3.07. The van der Waals surface area contributed by atoms with Gasteiger partial charge in [-0.2, -0.15) is 10.4 Å². The number of aryl methyl sites for hydroxylation is 2. The van der Waals surface area contributed by atoms with Crippen LogP contribution in [0, 0.1) is 18.3 Å². The molecule has 5 heteroatoms. The van der Waals surface area contributed by atoms with Crippen molar-refractivity contribution >= 4 is 17.3 Å². The zero-order chi connectivity index (χ0) is 13.8. The molecule has 0 aliphatic heterocycles. The molecule has 0 atom stereocenters. The number of halogens is 1. The fourth-order valence-electron chi connectivity index (χ4n) is 1.92. The number of nitriles is 1. The zero-order valence-electron chi connectivity index (χ0n) is 10.9. The highest BCUT2D eigenvalue weighted by molar-refractivity contribution is 6.32. The number of rotatable bonds is 4. The second-order valence-corrected chi connectivity index (χ2v) is 4.66. The van der Waals surface area contributed by atoms with Gasteiger partial charge in [-0.15, -0.1) is 0 Å². The summed E-state index contributed by atoms with van der Waals surface area (Å²) in [5.74, 6) is 0. The molecular formula is C14H15ClN4. The maximum atomic E-state index is 8.82. The number of nitrogens with zero attached hydrogens (tertiary/aromatic N) is 3. The quantitative estimate of drug-likeness (QED) is 0.930. The molecule has 1 N–H and O–H groups in total. The average Bonchev–Trinajstić information content (AvgIpc) is 2.77. The minimum Gasteiger partial charge on any atom is -0.379 e. The van der Waals surface area contributed by atoms with Crippen LogP contribution in [0.5, 0.6) is 0 Å². The van der Waals surface area contributed by atoms with E-state index in [1.165, 1.54) is 0 Å². The predicted molar refractivity (Wildman–Crippen MR) is 76.1 cm³/mol. The molecule has 1 aromatic carbocycles. The number of nitrogens with one attached hydrogen (secondary N) is 1. The molecule has 0 aliphatic carbocycles. The Labute approximate surface area is 117 Å². The summed E-state index contributed by atoms with van der Waals surface area (Å²) in [5, 5.41) is 17.0. The molecule has 4 nitrogen and oxygen atoms in total. The first kappa shape index (κ1) is 13.4. The van der Waals surface area contributed by atoms with Crippen LogP contribution in [-0.2, 0) is 13.1 Å². The lowest BCUT2D eigenvalue weighted by atomic mass is 10.2. The summed E-state index contributed by atoms with van der Waals surface area (Å²) >= 11 is 5.99. The predicted octanol–water partition coefficient (Wildman–Crippen LogP) is 3.35. The molecular weight excluding hydrogens is 260 g/mol. The number of hydrogen-bond donors (Lipinski definition) is 1. The van der Waals surface area contributed by atoms with E-state index in [2.05, 4.69) is 23.4 Å². The van der Waals surface area contributed by atoms with E-state index in [1.54, 1.807) is 12.1 Å². The molecule has 0 aliphatic rings. The van der Waals surface area contributed by atoms with Crippen LogP contribution in [0.1, 0.15) is 23.9 Å². The maximum Gasteiger partial charge on any atom is 0.101 e. The SMILES string of the molecule is CCn1nc(C)cc1CNc1ccc(C#N)c(Cl)c1. The molecule has 0 saturated heterocycles. The Hall–Kier alpha value is -1.99. The molecule has 1 aromatic heterocycles. The number of benzene rings is 1. The Morgan fingerprint density at radius 2 is 2.21 bits per heavy atom. The van der Waals surface area contributed by atoms with Gasteiger partial charge in [0.25, 0.3) is 0 Å². The molecule has 0 saturated carbocycles. The topological polar surface area (TPSA) is 53.6 Å². The Balaban J connectivity index is 2.10. The van der Waals surface area contributed by atoms with Gasteiger partial charge in [0.1, 0.15) is 6.07 Å². The van der Waals surface area contributed by atoms with Gasteiger partial charge < -0.3 is 5.32 Å². The Morgan fingerprint density at radius 3 is 2.84 bits per heavy atom. The minimum absolute atomic E-state index is 0.465. The average molecular weight is 275 g/mol. The van der Waals surface area contributed by atoms with Crippen molar-refractivity contribution in [1.82, 2.24) is 9.78 Å². The first-order valence-electron chi connectivity index (χ1n) is 6.11. The summed E-state index contributed by atoms with van der Waals surface area (Å²) in [5.41, 5.74) is 3.52. The third-order valence-electron chi connectivity index (χ3n) is 2.85. The Morgan fingerprint density at radius 1 is 1.42 bits per heavy atom. The molecule has 0 radical (unpaired) electrons. The van der Waals surface area contributed by atoms with Crippen molar-refractivity contribution in [2.45, 2.75) is 26.9 Å². The van der Waals surface area contributed by atoms with E-state index in [1.807, 2.05) is 23.7 Å². The molecule has 19 heavy (non-hydrogen) atoms. The van der Waals surface area contributed by atoms with Crippen LogP contribution in [0.4, 0.5) is 5.69 Å². The fourth-order valence-corrected chi connectivity index (χ4v) is 2.15. The third-order valence-corrected chi connectivity index (χ3v) is 3.16. The highest BCUT2D eigenvalue weighted by Gasteiger charge is 2.05. The van der Waals surface area contributed by atoms with Crippen molar-refractivity contribution in [3.05, 3.63) is 46.2 Å². The highest BCUT2D eigenvalue weighted by atomic mass is 35.5. The van der Waals surface area contributed by atoms with Gasteiger partial charge in [-0.3, -0.25) is 4.68 Å². The van der Waals surface area contributed by atoms with E-state index in [-0.39, 0.29) is 0 Å².